The van der Waals surface area contributed by atoms with Crippen molar-refractivity contribution in [3.63, 3.8) is 0 Å². The Balaban J connectivity index is 1.43. The summed E-state index contributed by atoms with van der Waals surface area (Å²) in [7, 11) is 0. The molecule has 2 aromatic carbocycles. The van der Waals surface area contributed by atoms with E-state index in [1.54, 1.807) is 23.4 Å². The molecular formula is C24H20FN5OS. The molecule has 0 N–H and O–H groups in total. The monoisotopic (exact) mass is 445 g/mol. The van der Waals surface area contributed by atoms with Gasteiger partial charge in [0, 0.05) is 35.9 Å². The Morgan fingerprint density at radius 1 is 1.06 bits per heavy atom. The Morgan fingerprint density at radius 3 is 2.75 bits per heavy atom. The zero-order valence-corrected chi connectivity index (χ0v) is 18.0. The second-order valence-electron chi connectivity index (χ2n) is 7.43. The lowest BCUT2D eigenvalue weighted by Crippen LogP contribution is -2.36. The smallest absolute Gasteiger partial charge is 0.237 e. The van der Waals surface area contributed by atoms with Gasteiger partial charge in [-0.05, 0) is 54.8 Å². The average molecular weight is 446 g/mol. The molecule has 3 heterocycles. The minimum Gasteiger partial charge on any atom is -0.311 e. The second kappa shape index (κ2) is 8.92. The molecule has 160 valence electrons. The van der Waals surface area contributed by atoms with Crippen molar-refractivity contribution >= 4 is 23.4 Å². The molecule has 0 aliphatic carbocycles. The number of carbonyl (C=O) groups excluding carboxylic acids is 1. The van der Waals surface area contributed by atoms with Crippen molar-refractivity contribution in [1.82, 2.24) is 19.7 Å². The van der Waals surface area contributed by atoms with Gasteiger partial charge in [0.2, 0.25) is 5.91 Å². The van der Waals surface area contributed by atoms with Gasteiger partial charge in [0.25, 0.3) is 0 Å². The van der Waals surface area contributed by atoms with E-state index in [-0.39, 0.29) is 17.5 Å². The number of nitrogens with zero attached hydrogens (tertiary/aromatic N) is 5. The van der Waals surface area contributed by atoms with Crippen LogP contribution in [0.15, 0.2) is 78.2 Å². The lowest BCUT2D eigenvalue weighted by atomic mass is 10.0. The van der Waals surface area contributed by atoms with Crippen molar-refractivity contribution < 1.29 is 9.18 Å². The second-order valence-corrected chi connectivity index (χ2v) is 8.37. The van der Waals surface area contributed by atoms with Gasteiger partial charge in [-0.15, -0.1) is 10.2 Å². The predicted octanol–water partition coefficient (Wildman–Crippen LogP) is 4.54. The molecule has 0 fully saturated rings. The van der Waals surface area contributed by atoms with Crippen LogP contribution in [0.25, 0.3) is 17.1 Å². The number of amides is 1. The number of fused-ring (bicyclic) bond motifs is 1. The number of rotatable bonds is 5. The number of hydrogen-bond donors (Lipinski definition) is 0. The van der Waals surface area contributed by atoms with Crippen molar-refractivity contribution in [2.45, 2.75) is 18.0 Å². The number of pyridine rings is 1. The van der Waals surface area contributed by atoms with Crippen LogP contribution in [0, 0.1) is 5.82 Å². The molecule has 1 amide bonds. The molecule has 0 saturated heterocycles. The maximum atomic E-state index is 13.8. The number of thioether (sulfide) groups is 1. The van der Waals surface area contributed by atoms with Gasteiger partial charge in [-0.2, -0.15) is 0 Å². The van der Waals surface area contributed by atoms with Crippen molar-refractivity contribution in [1.29, 1.82) is 0 Å². The van der Waals surface area contributed by atoms with Crippen LogP contribution in [0.5, 0.6) is 0 Å². The largest absolute Gasteiger partial charge is 0.311 e. The lowest BCUT2D eigenvalue weighted by Gasteiger charge is -2.29. The molecule has 0 bridgehead atoms. The molecule has 0 spiro atoms. The number of anilines is 1. The Labute approximate surface area is 189 Å². The topological polar surface area (TPSA) is 63.9 Å². The van der Waals surface area contributed by atoms with E-state index in [1.807, 2.05) is 47.0 Å². The van der Waals surface area contributed by atoms with E-state index >= 15 is 0 Å². The van der Waals surface area contributed by atoms with Crippen molar-refractivity contribution in [3.05, 3.63) is 84.4 Å². The number of aromatic nitrogens is 4. The highest BCUT2D eigenvalue weighted by Crippen LogP contribution is 2.31. The number of benzene rings is 2. The number of carbonyl (C=O) groups is 1. The Hall–Kier alpha value is -3.52. The summed E-state index contributed by atoms with van der Waals surface area (Å²) in [5.41, 5.74) is 3.41. The maximum absolute atomic E-state index is 13.8. The van der Waals surface area contributed by atoms with Gasteiger partial charge in [-0.25, -0.2) is 4.39 Å². The van der Waals surface area contributed by atoms with Crippen LogP contribution in [0.4, 0.5) is 10.1 Å². The van der Waals surface area contributed by atoms with Crippen LogP contribution in [0.2, 0.25) is 0 Å². The van der Waals surface area contributed by atoms with Gasteiger partial charge in [-0.3, -0.25) is 14.3 Å². The first-order chi connectivity index (χ1) is 15.7. The first-order valence-corrected chi connectivity index (χ1v) is 11.3. The highest BCUT2D eigenvalue weighted by Gasteiger charge is 2.24. The summed E-state index contributed by atoms with van der Waals surface area (Å²) in [5, 5.41) is 9.35. The average Bonchev–Trinajstić information content (AvgIpc) is 3.27. The fourth-order valence-corrected chi connectivity index (χ4v) is 4.69. The molecule has 8 heteroatoms. The van der Waals surface area contributed by atoms with Gasteiger partial charge in [-0.1, -0.05) is 36.0 Å². The van der Waals surface area contributed by atoms with Crippen molar-refractivity contribution in [2.75, 3.05) is 17.2 Å². The van der Waals surface area contributed by atoms with Gasteiger partial charge >= 0.3 is 0 Å². The third-order valence-corrected chi connectivity index (χ3v) is 6.27. The minimum absolute atomic E-state index is 0.0768. The van der Waals surface area contributed by atoms with E-state index in [0.29, 0.717) is 23.2 Å². The van der Waals surface area contributed by atoms with Crippen LogP contribution < -0.4 is 4.90 Å². The van der Waals surface area contributed by atoms with E-state index < -0.39 is 0 Å². The maximum Gasteiger partial charge on any atom is 0.237 e. The molecule has 4 aromatic rings. The van der Waals surface area contributed by atoms with Crippen LogP contribution in [-0.2, 0) is 11.2 Å². The van der Waals surface area contributed by atoms with Gasteiger partial charge < -0.3 is 4.90 Å². The molecule has 1 aliphatic heterocycles. The Kier molecular flexibility index (Phi) is 5.68. The van der Waals surface area contributed by atoms with Crippen LogP contribution >= 0.6 is 11.8 Å². The summed E-state index contributed by atoms with van der Waals surface area (Å²) in [4.78, 5) is 19.0. The molecular weight excluding hydrogens is 425 g/mol. The molecule has 2 aromatic heterocycles. The van der Waals surface area contributed by atoms with Crippen molar-refractivity contribution in [2.24, 2.45) is 0 Å². The highest BCUT2D eigenvalue weighted by molar-refractivity contribution is 7.99. The highest BCUT2D eigenvalue weighted by atomic mass is 32.2. The lowest BCUT2D eigenvalue weighted by molar-refractivity contribution is -0.116. The fraction of sp³-hybridized carbons (Fsp3) is 0.167. The van der Waals surface area contributed by atoms with Crippen LogP contribution in [-0.4, -0.2) is 38.0 Å². The van der Waals surface area contributed by atoms with Crippen molar-refractivity contribution in [3.8, 4) is 17.1 Å². The fourth-order valence-electron chi connectivity index (χ4n) is 3.87. The number of halogens is 1. The molecule has 0 atom stereocenters. The van der Waals surface area contributed by atoms with E-state index in [4.69, 9.17) is 0 Å². The summed E-state index contributed by atoms with van der Waals surface area (Å²) in [5.74, 6) is 0.422. The quantitative estimate of drug-likeness (QED) is 0.422. The zero-order valence-electron chi connectivity index (χ0n) is 17.2. The number of hydrogen-bond acceptors (Lipinski definition) is 5. The zero-order chi connectivity index (χ0) is 21.9. The summed E-state index contributed by atoms with van der Waals surface area (Å²) >= 11 is 1.32. The van der Waals surface area contributed by atoms with E-state index in [1.165, 1.54) is 23.9 Å². The van der Waals surface area contributed by atoms with E-state index in [2.05, 4.69) is 15.2 Å². The Morgan fingerprint density at radius 2 is 1.94 bits per heavy atom. The van der Waals surface area contributed by atoms with Gasteiger partial charge in [0.15, 0.2) is 11.0 Å². The van der Waals surface area contributed by atoms with E-state index in [9.17, 15) is 9.18 Å². The molecule has 6 nitrogen and oxygen atoms in total. The Bertz CT molecular complexity index is 1250. The van der Waals surface area contributed by atoms with Gasteiger partial charge in [0.1, 0.15) is 5.82 Å². The summed E-state index contributed by atoms with van der Waals surface area (Å²) in [6, 6.07) is 18.2. The molecule has 0 unspecified atom stereocenters. The normalized spacial score (nSPS) is 13.1. The first-order valence-electron chi connectivity index (χ1n) is 10.3. The molecule has 0 radical (unpaired) electrons. The number of para-hydroxylation sites is 1. The molecule has 32 heavy (non-hydrogen) atoms. The summed E-state index contributed by atoms with van der Waals surface area (Å²) in [6.45, 7) is 0.585. The summed E-state index contributed by atoms with van der Waals surface area (Å²) in [6.07, 6.45) is 5.16. The minimum atomic E-state index is -0.332. The standard InChI is InChI=1S/C24H20FN5OS/c25-19-11-10-17-7-5-13-29(21(17)14-19)22(31)16-32-24-28-27-23(18-6-4-12-26-15-18)30(24)20-8-2-1-3-9-20/h1-4,6,8-12,14-15H,5,7,13,16H2. The van der Waals surface area contributed by atoms with Gasteiger partial charge in [0.05, 0.1) is 5.75 Å². The number of aryl methyl sites for hydroxylation is 1. The third kappa shape index (κ3) is 4.01. The third-order valence-electron chi connectivity index (χ3n) is 5.36. The summed E-state index contributed by atoms with van der Waals surface area (Å²) < 4.78 is 15.7. The van der Waals surface area contributed by atoms with Crippen LogP contribution in [0.3, 0.4) is 0 Å². The molecule has 1 aliphatic rings. The molecule has 0 saturated carbocycles. The molecule has 5 rings (SSSR count). The SMILES string of the molecule is O=C(CSc1nnc(-c2cccnc2)n1-c1ccccc1)N1CCCc2ccc(F)cc21. The predicted molar refractivity (Wildman–Crippen MR) is 122 cm³/mol. The van der Waals surface area contributed by atoms with Crippen LogP contribution in [0.1, 0.15) is 12.0 Å². The van der Waals surface area contributed by atoms with E-state index in [0.717, 1.165) is 29.7 Å². The first kappa shape index (κ1) is 20.4.